The standard InChI is InChI=1S/C19H15N3O3/c23-18-15-14-9-13(12-3-7-21-8-4-12)17(25-14)16(15)19(24)22(18)10-11-1-5-20-6-2-11/h1-9,14-17H,10H2. The van der Waals surface area contributed by atoms with Crippen molar-refractivity contribution in [1.82, 2.24) is 14.9 Å². The third kappa shape index (κ3) is 2.07. The molecular weight excluding hydrogens is 318 g/mol. The van der Waals surface area contributed by atoms with Gasteiger partial charge in [-0.25, -0.2) is 0 Å². The first-order chi connectivity index (χ1) is 12.2. The lowest BCUT2D eigenvalue weighted by molar-refractivity contribution is -0.143. The van der Waals surface area contributed by atoms with E-state index in [4.69, 9.17) is 4.74 Å². The number of carbonyl (C=O) groups is 2. The van der Waals surface area contributed by atoms with Crippen LogP contribution in [0, 0.1) is 11.8 Å². The number of fused-ring (bicyclic) bond motifs is 5. The summed E-state index contributed by atoms with van der Waals surface area (Å²) in [5, 5.41) is 0. The average molecular weight is 333 g/mol. The predicted molar refractivity (Wildman–Crippen MR) is 87.6 cm³/mol. The van der Waals surface area contributed by atoms with Gasteiger partial charge in [0.1, 0.15) is 0 Å². The Kier molecular flexibility index (Phi) is 3.08. The number of imide groups is 1. The molecule has 6 nitrogen and oxygen atoms in total. The molecule has 2 saturated heterocycles. The van der Waals surface area contributed by atoms with Crippen molar-refractivity contribution >= 4 is 17.4 Å². The van der Waals surface area contributed by atoms with Crippen molar-refractivity contribution in [3.63, 3.8) is 0 Å². The number of carbonyl (C=O) groups excluding carboxylic acids is 2. The number of likely N-dealkylation sites (tertiary alicyclic amines) is 1. The number of hydrogen-bond acceptors (Lipinski definition) is 5. The Morgan fingerprint density at radius 1 is 0.920 bits per heavy atom. The fraction of sp³-hybridized carbons (Fsp3) is 0.263. The molecule has 6 heteroatoms. The molecule has 124 valence electrons. The molecule has 3 aliphatic heterocycles. The molecule has 0 radical (unpaired) electrons. The molecular formula is C19H15N3O3. The number of ether oxygens (including phenoxy) is 1. The monoisotopic (exact) mass is 333 g/mol. The third-order valence-electron chi connectivity index (χ3n) is 5.23. The smallest absolute Gasteiger partial charge is 0.236 e. The molecule has 4 atom stereocenters. The van der Waals surface area contributed by atoms with Gasteiger partial charge in [-0.05, 0) is 47.0 Å². The maximum Gasteiger partial charge on any atom is 0.236 e. The highest BCUT2D eigenvalue weighted by atomic mass is 16.5. The minimum Gasteiger partial charge on any atom is -0.364 e. The van der Waals surface area contributed by atoms with Gasteiger partial charge in [0.05, 0.1) is 30.6 Å². The predicted octanol–water partition coefficient (Wildman–Crippen LogP) is 1.44. The summed E-state index contributed by atoms with van der Waals surface area (Å²) in [5.41, 5.74) is 2.88. The van der Waals surface area contributed by atoms with Gasteiger partial charge in [0.2, 0.25) is 11.8 Å². The lowest BCUT2D eigenvalue weighted by Gasteiger charge is -2.19. The van der Waals surface area contributed by atoms with E-state index in [1.807, 2.05) is 30.3 Å². The highest BCUT2D eigenvalue weighted by molar-refractivity contribution is 6.08. The summed E-state index contributed by atoms with van der Waals surface area (Å²) < 4.78 is 5.95. The first kappa shape index (κ1) is 14.5. The third-order valence-corrected chi connectivity index (χ3v) is 5.23. The van der Waals surface area contributed by atoms with Crippen molar-refractivity contribution in [2.24, 2.45) is 11.8 Å². The van der Waals surface area contributed by atoms with Crippen LogP contribution in [0.5, 0.6) is 0 Å². The van der Waals surface area contributed by atoms with Gasteiger partial charge in [0.15, 0.2) is 0 Å². The van der Waals surface area contributed by atoms with E-state index in [0.717, 1.165) is 16.7 Å². The molecule has 0 saturated carbocycles. The summed E-state index contributed by atoms with van der Waals surface area (Å²) in [6, 6.07) is 7.45. The molecule has 5 rings (SSSR count). The van der Waals surface area contributed by atoms with Crippen LogP contribution in [0.25, 0.3) is 5.57 Å². The number of hydrogen-bond donors (Lipinski definition) is 0. The summed E-state index contributed by atoms with van der Waals surface area (Å²) in [6.07, 6.45) is 8.08. The number of rotatable bonds is 3. The van der Waals surface area contributed by atoms with Crippen molar-refractivity contribution in [3.05, 3.63) is 66.3 Å². The van der Waals surface area contributed by atoms with Crippen LogP contribution in [0.1, 0.15) is 11.1 Å². The van der Waals surface area contributed by atoms with Crippen molar-refractivity contribution in [1.29, 1.82) is 0 Å². The minimum absolute atomic E-state index is 0.135. The van der Waals surface area contributed by atoms with Crippen molar-refractivity contribution in [3.8, 4) is 0 Å². The number of nitrogens with zero attached hydrogens (tertiary/aromatic N) is 3. The molecule has 0 aromatic carbocycles. The van der Waals surface area contributed by atoms with E-state index in [1.54, 1.807) is 24.8 Å². The molecule has 3 aliphatic rings. The lowest BCUT2D eigenvalue weighted by atomic mass is 9.79. The van der Waals surface area contributed by atoms with Crippen LogP contribution < -0.4 is 0 Å². The summed E-state index contributed by atoms with van der Waals surface area (Å²) in [7, 11) is 0. The van der Waals surface area contributed by atoms with Gasteiger partial charge in [-0.2, -0.15) is 0 Å². The highest BCUT2D eigenvalue weighted by Gasteiger charge is 2.62. The minimum atomic E-state index is -0.424. The first-order valence-corrected chi connectivity index (χ1v) is 8.26. The Bertz CT molecular complexity index is 881. The van der Waals surface area contributed by atoms with Crippen LogP contribution in [0.2, 0.25) is 0 Å². The molecule has 0 N–H and O–H groups in total. The van der Waals surface area contributed by atoms with Gasteiger partial charge >= 0.3 is 0 Å². The maximum atomic E-state index is 12.9. The molecule has 2 aromatic heterocycles. The number of pyridine rings is 2. The normalized spacial score (nSPS) is 29.9. The van der Waals surface area contributed by atoms with Crippen LogP contribution in [-0.4, -0.2) is 38.9 Å². The largest absolute Gasteiger partial charge is 0.364 e. The second-order valence-electron chi connectivity index (χ2n) is 6.55. The van der Waals surface area contributed by atoms with E-state index in [1.165, 1.54) is 4.90 Å². The van der Waals surface area contributed by atoms with Gasteiger partial charge < -0.3 is 4.74 Å². The number of aromatic nitrogens is 2. The zero-order valence-corrected chi connectivity index (χ0v) is 13.3. The van der Waals surface area contributed by atoms with Gasteiger partial charge in [-0.15, -0.1) is 0 Å². The van der Waals surface area contributed by atoms with Gasteiger partial charge in [0, 0.05) is 24.8 Å². The molecule has 25 heavy (non-hydrogen) atoms. The van der Waals surface area contributed by atoms with E-state index in [9.17, 15) is 9.59 Å². The molecule has 0 aliphatic carbocycles. The maximum absolute atomic E-state index is 12.9. The summed E-state index contributed by atoms with van der Waals surface area (Å²) in [6.45, 7) is 0.289. The average Bonchev–Trinajstić information content (AvgIpc) is 3.31. The summed E-state index contributed by atoms with van der Waals surface area (Å²) in [5.74, 6) is -1.10. The van der Waals surface area contributed by atoms with Crippen LogP contribution >= 0.6 is 0 Å². The van der Waals surface area contributed by atoms with Gasteiger partial charge in [-0.3, -0.25) is 24.5 Å². The van der Waals surface area contributed by atoms with Gasteiger partial charge in [-0.1, -0.05) is 0 Å². The first-order valence-electron chi connectivity index (χ1n) is 8.26. The molecule has 2 fully saturated rings. The Morgan fingerprint density at radius 3 is 2.28 bits per heavy atom. The highest BCUT2D eigenvalue weighted by Crippen LogP contribution is 2.50. The number of amides is 2. The summed E-state index contributed by atoms with van der Waals surface area (Å²) in [4.78, 5) is 35.1. The molecule has 2 aromatic rings. The van der Waals surface area contributed by atoms with Crippen molar-refractivity contribution < 1.29 is 14.3 Å². The van der Waals surface area contributed by atoms with E-state index >= 15 is 0 Å². The van der Waals surface area contributed by atoms with Crippen molar-refractivity contribution in [2.45, 2.75) is 18.8 Å². The van der Waals surface area contributed by atoms with Crippen molar-refractivity contribution in [2.75, 3.05) is 0 Å². The van der Waals surface area contributed by atoms with E-state index in [-0.39, 0.29) is 30.6 Å². The fourth-order valence-electron chi connectivity index (χ4n) is 4.09. The molecule has 2 amide bonds. The topological polar surface area (TPSA) is 72.4 Å². The second-order valence-corrected chi connectivity index (χ2v) is 6.55. The fourth-order valence-corrected chi connectivity index (χ4v) is 4.09. The SMILES string of the molecule is O=C1C2C3C=C(c4ccncc4)C(O3)C2C(=O)N1Cc1ccncc1. The van der Waals surface area contributed by atoms with Crippen LogP contribution in [0.4, 0.5) is 0 Å². The zero-order valence-electron chi connectivity index (χ0n) is 13.3. The molecule has 0 spiro atoms. The van der Waals surface area contributed by atoms with E-state index < -0.39 is 11.8 Å². The van der Waals surface area contributed by atoms with Crippen LogP contribution in [-0.2, 0) is 20.9 Å². The summed E-state index contributed by atoms with van der Waals surface area (Å²) >= 11 is 0. The van der Waals surface area contributed by atoms with Crippen LogP contribution in [0.15, 0.2) is 55.1 Å². The Morgan fingerprint density at radius 2 is 1.56 bits per heavy atom. The Hall–Kier alpha value is -2.86. The Labute approximate surface area is 144 Å². The lowest BCUT2D eigenvalue weighted by Crippen LogP contribution is -2.34. The van der Waals surface area contributed by atoms with E-state index in [2.05, 4.69) is 9.97 Å². The Balaban J connectivity index is 1.45. The molecule has 2 bridgehead atoms. The van der Waals surface area contributed by atoms with Gasteiger partial charge in [0.25, 0.3) is 0 Å². The quantitative estimate of drug-likeness (QED) is 0.795. The molecule has 4 unspecified atom stereocenters. The second kappa shape index (κ2) is 5.32. The van der Waals surface area contributed by atoms with Crippen LogP contribution in [0.3, 0.4) is 0 Å². The zero-order chi connectivity index (χ0) is 17.0. The molecule has 5 heterocycles. The van der Waals surface area contributed by atoms with E-state index in [0.29, 0.717) is 0 Å².